The van der Waals surface area contributed by atoms with E-state index in [1.165, 1.54) is 0 Å². The topological polar surface area (TPSA) is 114 Å². The summed E-state index contributed by atoms with van der Waals surface area (Å²) >= 11 is 0. The van der Waals surface area contributed by atoms with Gasteiger partial charge >= 0.3 is 12.1 Å². The smallest absolute Gasteiger partial charge is 0.407 e. The third kappa shape index (κ3) is 6.32. The normalized spacial score (nSPS) is 14.0. The van der Waals surface area contributed by atoms with Crippen LogP contribution in [0, 0.1) is 0 Å². The van der Waals surface area contributed by atoms with E-state index in [1.807, 2.05) is 36.4 Å². The number of carboxylic acids is 1. The fourth-order valence-electron chi connectivity index (χ4n) is 4.14. The van der Waals surface area contributed by atoms with E-state index in [2.05, 4.69) is 22.8 Å². The molecule has 2 amide bonds. The van der Waals surface area contributed by atoms with Crippen LogP contribution in [0.25, 0.3) is 11.1 Å². The number of hydrogen-bond donors (Lipinski definition) is 3. The van der Waals surface area contributed by atoms with E-state index in [0.29, 0.717) is 19.4 Å². The number of alkyl carbamates (subject to hydrolysis) is 1. The maximum atomic E-state index is 12.6. The molecule has 0 saturated heterocycles. The second-order valence-corrected chi connectivity index (χ2v) is 8.16. The summed E-state index contributed by atoms with van der Waals surface area (Å²) in [7, 11) is 1.56. The summed E-state index contributed by atoms with van der Waals surface area (Å²) < 4.78 is 10.6. The molecule has 33 heavy (non-hydrogen) atoms. The molecule has 0 aromatic heterocycles. The summed E-state index contributed by atoms with van der Waals surface area (Å²) in [6.45, 7) is 2.17. The molecule has 0 radical (unpaired) electrons. The predicted octanol–water partition coefficient (Wildman–Crippen LogP) is 3.30. The molecule has 2 aromatic carbocycles. The molecule has 8 heteroatoms. The summed E-state index contributed by atoms with van der Waals surface area (Å²) in [5.41, 5.74) is 4.46. The summed E-state index contributed by atoms with van der Waals surface area (Å²) in [5, 5.41) is 14.2. The molecule has 3 N–H and O–H groups in total. The van der Waals surface area contributed by atoms with Crippen molar-refractivity contribution < 1.29 is 29.0 Å². The lowest BCUT2D eigenvalue weighted by atomic mass is 9.98. The van der Waals surface area contributed by atoms with Crippen LogP contribution < -0.4 is 10.6 Å². The largest absolute Gasteiger partial charge is 0.481 e. The van der Waals surface area contributed by atoms with E-state index in [-0.39, 0.29) is 18.9 Å². The van der Waals surface area contributed by atoms with Crippen LogP contribution in [-0.2, 0) is 19.1 Å². The molecular formula is C25H30N2O6. The molecule has 1 aliphatic carbocycles. The summed E-state index contributed by atoms with van der Waals surface area (Å²) in [5.74, 6) is -1.55. The lowest BCUT2D eigenvalue weighted by Crippen LogP contribution is -2.49. The molecule has 3 rings (SSSR count). The summed E-state index contributed by atoms with van der Waals surface area (Å²) in [4.78, 5) is 36.1. The number of methoxy groups -OCH3 is 1. The monoisotopic (exact) mass is 454 g/mol. The number of rotatable bonds is 11. The highest BCUT2D eigenvalue weighted by molar-refractivity contribution is 5.86. The van der Waals surface area contributed by atoms with Gasteiger partial charge in [0.1, 0.15) is 12.6 Å². The van der Waals surface area contributed by atoms with E-state index in [1.54, 1.807) is 14.0 Å². The Hall–Kier alpha value is -3.39. The molecule has 1 unspecified atom stereocenters. The number of hydrogen-bond acceptors (Lipinski definition) is 5. The van der Waals surface area contributed by atoms with Gasteiger partial charge in [-0.2, -0.15) is 0 Å². The lowest BCUT2D eigenvalue weighted by molar-refractivity contribution is -0.137. The molecule has 0 bridgehead atoms. The van der Waals surface area contributed by atoms with Crippen molar-refractivity contribution in [3.05, 3.63) is 59.7 Å². The van der Waals surface area contributed by atoms with Gasteiger partial charge in [0.2, 0.25) is 5.91 Å². The van der Waals surface area contributed by atoms with Crippen molar-refractivity contribution in [1.29, 1.82) is 0 Å². The molecule has 2 atom stereocenters. The minimum atomic E-state index is -1.01. The summed E-state index contributed by atoms with van der Waals surface area (Å²) in [6, 6.07) is 14.7. The predicted molar refractivity (Wildman–Crippen MR) is 123 cm³/mol. The quantitative estimate of drug-likeness (QED) is 0.449. The Balaban J connectivity index is 1.63. The average Bonchev–Trinajstić information content (AvgIpc) is 3.10. The molecule has 2 aromatic rings. The Labute approximate surface area is 193 Å². The number of carbonyl (C=O) groups excluding carboxylic acids is 2. The zero-order valence-corrected chi connectivity index (χ0v) is 18.9. The SMILES string of the molecule is COCCCC(NC(=O)OCC1c2ccccc2-c2ccccc21)C(=O)N[C@@H](C)CC(=O)O. The maximum absolute atomic E-state index is 12.6. The minimum absolute atomic E-state index is 0.0838. The van der Waals surface area contributed by atoms with Crippen molar-refractivity contribution in [2.24, 2.45) is 0 Å². The van der Waals surface area contributed by atoms with E-state index in [0.717, 1.165) is 22.3 Å². The van der Waals surface area contributed by atoms with Crippen LogP contribution in [0.1, 0.15) is 43.2 Å². The van der Waals surface area contributed by atoms with E-state index >= 15 is 0 Å². The van der Waals surface area contributed by atoms with Crippen molar-refractivity contribution >= 4 is 18.0 Å². The van der Waals surface area contributed by atoms with Crippen LogP contribution in [-0.4, -0.2) is 55.5 Å². The average molecular weight is 455 g/mol. The first-order valence-electron chi connectivity index (χ1n) is 11.0. The van der Waals surface area contributed by atoms with Gasteiger partial charge in [-0.05, 0) is 42.0 Å². The van der Waals surface area contributed by atoms with Crippen LogP contribution in [0.2, 0.25) is 0 Å². The minimum Gasteiger partial charge on any atom is -0.481 e. The van der Waals surface area contributed by atoms with Crippen LogP contribution in [0.3, 0.4) is 0 Å². The van der Waals surface area contributed by atoms with Crippen molar-refractivity contribution in [1.82, 2.24) is 10.6 Å². The summed E-state index contributed by atoms with van der Waals surface area (Å²) in [6.07, 6.45) is -0.0169. The van der Waals surface area contributed by atoms with Crippen LogP contribution >= 0.6 is 0 Å². The van der Waals surface area contributed by atoms with Crippen molar-refractivity contribution in [2.45, 2.75) is 44.2 Å². The molecule has 8 nitrogen and oxygen atoms in total. The fourth-order valence-corrected chi connectivity index (χ4v) is 4.14. The number of amides is 2. The zero-order valence-electron chi connectivity index (χ0n) is 18.9. The van der Waals surface area contributed by atoms with E-state index in [4.69, 9.17) is 14.6 Å². The van der Waals surface area contributed by atoms with E-state index < -0.39 is 30.1 Å². The number of carboxylic acid groups (broad SMARTS) is 1. The van der Waals surface area contributed by atoms with Gasteiger partial charge in [0, 0.05) is 25.7 Å². The molecule has 0 saturated carbocycles. The molecule has 0 heterocycles. The van der Waals surface area contributed by atoms with Crippen LogP contribution in [0.15, 0.2) is 48.5 Å². The van der Waals surface area contributed by atoms with Gasteiger partial charge in [0.25, 0.3) is 0 Å². The fraction of sp³-hybridized carbons (Fsp3) is 0.400. The van der Waals surface area contributed by atoms with Crippen LogP contribution in [0.5, 0.6) is 0 Å². The van der Waals surface area contributed by atoms with Gasteiger partial charge in [-0.25, -0.2) is 4.79 Å². The highest BCUT2D eigenvalue weighted by Crippen LogP contribution is 2.44. The van der Waals surface area contributed by atoms with Gasteiger partial charge < -0.3 is 25.2 Å². The van der Waals surface area contributed by atoms with Crippen molar-refractivity contribution in [2.75, 3.05) is 20.3 Å². The maximum Gasteiger partial charge on any atom is 0.407 e. The zero-order chi connectivity index (χ0) is 23.8. The van der Waals surface area contributed by atoms with E-state index in [9.17, 15) is 14.4 Å². The third-order valence-corrected chi connectivity index (χ3v) is 5.66. The standard InChI is InChI=1S/C25H30N2O6/c1-16(14-23(28)29)26-24(30)22(12-7-13-32-2)27-25(31)33-15-21-19-10-5-3-8-17(19)18-9-4-6-11-20(18)21/h3-6,8-11,16,21-22H,7,12-15H2,1-2H3,(H,26,30)(H,27,31)(H,28,29)/t16-,22?/m0/s1. The molecular weight excluding hydrogens is 424 g/mol. The third-order valence-electron chi connectivity index (χ3n) is 5.66. The highest BCUT2D eigenvalue weighted by Gasteiger charge is 2.30. The Morgan fingerprint density at radius 1 is 1.00 bits per heavy atom. The number of carbonyl (C=O) groups is 3. The second kappa shape index (κ2) is 11.5. The van der Waals surface area contributed by atoms with Gasteiger partial charge in [-0.1, -0.05) is 48.5 Å². The van der Waals surface area contributed by atoms with Crippen molar-refractivity contribution in [3.8, 4) is 11.1 Å². The Morgan fingerprint density at radius 3 is 2.18 bits per heavy atom. The molecule has 0 fully saturated rings. The first-order valence-corrected chi connectivity index (χ1v) is 11.0. The number of ether oxygens (including phenoxy) is 2. The van der Waals surface area contributed by atoms with Gasteiger partial charge in [0.15, 0.2) is 0 Å². The first kappa shape index (κ1) is 24.3. The number of nitrogens with one attached hydrogen (secondary N) is 2. The Morgan fingerprint density at radius 2 is 1.61 bits per heavy atom. The lowest BCUT2D eigenvalue weighted by Gasteiger charge is -2.21. The Bertz CT molecular complexity index is 947. The van der Waals surface area contributed by atoms with Gasteiger partial charge in [0.05, 0.1) is 6.42 Å². The number of fused-ring (bicyclic) bond motifs is 3. The molecule has 176 valence electrons. The second-order valence-electron chi connectivity index (χ2n) is 8.16. The first-order chi connectivity index (χ1) is 15.9. The highest BCUT2D eigenvalue weighted by atomic mass is 16.5. The molecule has 1 aliphatic rings. The van der Waals surface area contributed by atoms with Gasteiger partial charge in [-0.3, -0.25) is 9.59 Å². The van der Waals surface area contributed by atoms with Crippen molar-refractivity contribution in [3.63, 3.8) is 0 Å². The van der Waals surface area contributed by atoms with Gasteiger partial charge in [-0.15, -0.1) is 0 Å². The van der Waals surface area contributed by atoms with Crippen LogP contribution in [0.4, 0.5) is 4.79 Å². The molecule has 0 aliphatic heterocycles. The Kier molecular flexibility index (Phi) is 8.43. The number of benzene rings is 2. The molecule has 0 spiro atoms. The number of aliphatic carboxylic acids is 1.